The van der Waals surface area contributed by atoms with E-state index < -0.39 is 0 Å². The number of hydrogen-bond donors (Lipinski definition) is 0. The van der Waals surface area contributed by atoms with Crippen molar-refractivity contribution in [1.29, 1.82) is 0 Å². The molecule has 194 valence electrons. The summed E-state index contributed by atoms with van der Waals surface area (Å²) in [4.78, 5) is 5.79. The van der Waals surface area contributed by atoms with Gasteiger partial charge in [0, 0.05) is 38.9 Å². The first-order chi connectivity index (χ1) is 19.7. The monoisotopic (exact) mass is 534 g/mol. The van der Waals surface area contributed by atoms with Crippen LogP contribution in [0, 0.1) is 0 Å². The maximum absolute atomic E-state index is 4.25. The van der Waals surface area contributed by atoms with E-state index >= 15 is 0 Å². The molecular formula is C37H30N2S. The van der Waals surface area contributed by atoms with Gasteiger partial charge in [-0.1, -0.05) is 104 Å². The van der Waals surface area contributed by atoms with Crippen molar-refractivity contribution >= 4 is 39.1 Å². The van der Waals surface area contributed by atoms with E-state index in [0.717, 1.165) is 33.4 Å². The molecular weight excluding hydrogens is 504 g/mol. The summed E-state index contributed by atoms with van der Waals surface area (Å²) in [5.74, 6) is 0. The van der Waals surface area contributed by atoms with Crippen molar-refractivity contribution in [3.05, 3.63) is 164 Å². The Labute approximate surface area is 240 Å². The number of nitrogens with zero attached hydrogens (tertiary/aromatic N) is 2. The van der Waals surface area contributed by atoms with Gasteiger partial charge in [-0.05, 0) is 72.6 Å². The first kappa shape index (κ1) is 25.4. The molecule has 0 saturated heterocycles. The lowest BCUT2D eigenvalue weighted by molar-refractivity contribution is 1.16. The lowest BCUT2D eigenvalue weighted by Gasteiger charge is -2.27. The van der Waals surface area contributed by atoms with Crippen molar-refractivity contribution in [2.24, 2.45) is 0 Å². The van der Waals surface area contributed by atoms with Crippen molar-refractivity contribution in [2.75, 3.05) is 9.80 Å². The van der Waals surface area contributed by atoms with Gasteiger partial charge >= 0.3 is 0 Å². The molecule has 5 aromatic carbocycles. The zero-order valence-corrected chi connectivity index (χ0v) is 23.3. The Morgan fingerprint density at radius 2 is 0.950 bits per heavy atom. The molecule has 0 bridgehead atoms. The van der Waals surface area contributed by atoms with E-state index in [1.807, 2.05) is 24.3 Å². The van der Waals surface area contributed by atoms with E-state index in [0.29, 0.717) is 0 Å². The van der Waals surface area contributed by atoms with Crippen LogP contribution in [0.3, 0.4) is 0 Å². The molecule has 0 saturated carbocycles. The standard InChI is InChI=1S/C37H30N2S/c1-28(2)38(31-19-11-5-12-20-31)33-23-25-34(26-24-33)39(32-21-13-6-14-22-32)36-27-35(29-15-7-3-8-16-29)37(40-36)30-17-9-4-10-18-30/h3-27H,1H2,2H3. The van der Waals surface area contributed by atoms with Gasteiger partial charge in [-0.3, -0.25) is 0 Å². The third kappa shape index (κ3) is 5.20. The number of hydrogen-bond acceptors (Lipinski definition) is 3. The molecule has 2 nitrogen and oxygen atoms in total. The Morgan fingerprint density at radius 1 is 0.525 bits per heavy atom. The second kappa shape index (κ2) is 11.5. The van der Waals surface area contributed by atoms with Gasteiger partial charge in [-0.2, -0.15) is 0 Å². The molecule has 0 spiro atoms. The van der Waals surface area contributed by atoms with Gasteiger partial charge in [0.15, 0.2) is 0 Å². The Bertz CT molecular complexity index is 1630. The summed E-state index contributed by atoms with van der Waals surface area (Å²) in [7, 11) is 0. The normalized spacial score (nSPS) is 10.7. The highest BCUT2D eigenvalue weighted by Crippen LogP contribution is 2.47. The average molecular weight is 535 g/mol. The highest BCUT2D eigenvalue weighted by Gasteiger charge is 2.20. The summed E-state index contributed by atoms with van der Waals surface area (Å²) in [5, 5.41) is 1.16. The van der Waals surface area contributed by atoms with E-state index in [9.17, 15) is 0 Å². The van der Waals surface area contributed by atoms with E-state index in [4.69, 9.17) is 0 Å². The first-order valence-electron chi connectivity index (χ1n) is 13.4. The van der Waals surface area contributed by atoms with Gasteiger partial charge < -0.3 is 9.80 Å². The summed E-state index contributed by atoms with van der Waals surface area (Å²) < 4.78 is 0. The van der Waals surface area contributed by atoms with Gasteiger partial charge in [-0.15, -0.1) is 11.3 Å². The predicted octanol–water partition coefficient (Wildman–Crippen LogP) is 11.2. The van der Waals surface area contributed by atoms with Gasteiger partial charge in [0.1, 0.15) is 5.00 Å². The molecule has 0 amide bonds. The van der Waals surface area contributed by atoms with Crippen LogP contribution in [-0.2, 0) is 0 Å². The third-order valence-corrected chi connectivity index (χ3v) is 8.01. The van der Waals surface area contributed by atoms with Crippen LogP contribution in [0.1, 0.15) is 6.92 Å². The number of allylic oxidation sites excluding steroid dienone is 1. The van der Waals surface area contributed by atoms with E-state index in [2.05, 4.69) is 162 Å². The fraction of sp³-hybridized carbons (Fsp3) is 0.0270. The van der Waals surface area contributed by atoms with Crippen LogP contribution in [0.2, 0.25) is 0 Å². The molecule has 3 heteroatoms. The lowest BCUT2D eigenvalue weighted by Crippen LogP contribution is -2.14. The van der Waals surface area contributed by atoms with Crippen LogP contribution in [-0.4, -0.2) is 0 Å². The third-order valence-electron chi connectivity index (χ3n) is 6.84. The number of anilines is 5. The molecule has 1 aromatic heterocycles. The number of benzene rings is 5. The number of rotatable bonds is 8. The summed E-state index contributed by atoms with van der Waals surface area (Å²) in [6.45, 7) is 6.29. The molecule has 0 unspecified atom stereocenters. The Balaban J connectivity index is 1.47. The smallest absolute Gasteiger partial charge is 0.101 e. The van der Waals surface area contributed by atoms with Gasteiger partial charge in [-0.25, -0.2) is 0 Å². The summed E-state index contributed by atoms with van der Waals surface area (Å²) in [6.07, 6.45) is 0. The number of para-hydroxylation sites is 2. The van der Waals surface area contributed by atoms with E-state index in [1.54, 1.807) is 0 Å². The summed E-state index contributed by atoms with van der Waals surface area (Å²) in [5.41, 5.74) is 9.05. The fourth-order valence-corrected chi connectivity index (χ4v) is 6.25. The maximum atomic E-state index is 4.25. The average Bonchev–Trinajstić information content (AvgIpc) is 3.45. The molecule has 0 aliphatic heterocycles. The second-order valence-electron chi connectivity index (χ2n) is 9.65. The summed E-state index contributed by atoms with van der Waals surface area (Å²) in [6, 6.07) is 53.4. The van der Waals surface area contributed by atoms with Crippen LogP contribution in [0.15, 0.2) is 164 Å². The topological polar surface area (TPSA) is 6.48 Å². The number of thiophene rings is 1. The van der Waals surface area contributed by atoms with Gasteiger partial charge in [0.05, 0.1) is 0 Å². The Kier molecular flexibility index (Phi) is 7.30. The minimum absolute atomic E-state index is 0.970. The minimum atomic E-state index is 0.970. The van der Waals surface area contributed by atoms with Crippen molar-refractivity contribution < 1.29 is 0 Å². The van der Waals surface area contributed by atoms with Crippen LogP contribution in [0.25, 0.3) is 21.6 Å². The highest BCUT2D eigenvalue weighted by molar-refractivity contribution is 7.20. The molecule has 6 aromatic rings. The Hall–Kier alpha value is -4.86. The van der Waals surface area contributed by atoms with Crippen molar-refractivity contribution in [3.8, 4) is 21.6 Å². The van der Waals surface area contributed by atoms with Gasteiger partial charge in [0.25, 0.3) is 0 Å². The van der Waals surface area contributed by atoms with Crippen LogP contribution in [0.5, 0.6) is 0 Å². The van der Waals surface area contributed by atoms with Crippen LogP contribution >= 0.6 is 11.3 Å². The molecule has 0 atom stereocenters. The van der Waals surface area contributed by atoms with Gasteiger partial charge in [0.2, 0.25) is 0 Å². The second-order valence-corrected chi connectivity index (χ2v) is 10.7. The van der Waals surface area contributed by atoms with Crippen molar-refractivity contribution in [1.82, 2.24) is 0 Å². The minimum Gasteiger partial charge on any atom is -0.315 e. The first-order valence-corrected chi connectivity index (χ1v) is 14.2. The lowest BCUT2D eigenvalue weighted by atomic mass is 10.0. The quantitative estimate of drug-likeness (QED) is 0.192. The van der Waals surface area contributed by atoms with E-state index in [1.165, 1.54) is 21.6 Å². The zero-order chi connectivity index (χ0) is 27.3. The predicted molar refractivity (Wildman–Crippen MR) is 173 cm³/mol. The highest BCUT2D eigenvalue weighted by atomic mass is 32.1. The Morgan fingerprint density at radius 3 is 1.50 bits per heavy atom. The molecule has 1 heterocycles. The SMILES string of the molecule is C=C(C)N(c1ccccc1)c1ccc(N(c2ccccc2)c2cc(-c3ccccc3)c(-c3ccccc3)s2)cc1. The molecule has 0 aliphatic rings. The molecule has 0 radical (unpaired) electrons. The molecule has 6 rings (SSSR count). The molecule has 0 fully saturated rings. The van der Waals surface area contributed by atoms with Crippen molar-refractivity contribution in [3.63, 3.8) is 0 Å². The summed E-state index contributed by atoms with van der Waals surface area (Å²) >= 11 is 1.82. The van der Waals surface area contributed by atoms with Crippen LogP contribution in [0.4, 0.5) is 27.8 Å². The molecule has 0 aliphatic carbocycles. The zero-order valence-electron chi connectivity index (χ0n) is 22.4. The largest absolute Gasteiger partial charge is 0.315 e. The maximum Gasteiger partial charge on any atom is 0.101 e. The molecule has 0 N–H and O–H groups in total. The molecule has 40 heavy (non-hydrogen) atoms. The van der Waals surface area contributed by atoms with Crippen LogP contribution < -0.4 is 9.80 Å². The fourth-order valence-electron chi connectivity index (χ4n) is 5.02. The van der Waals surface area contributed by atoms with E-state index in [-0.39, 0.29) is 0 Å². The van der Waals surface area contributed by atoms with Crippen molar-refractivity contribution in [2.45, 2.75) is 6.92 Å².